The average Bonchev–Trinajstić information content (AvgIpc) is 2.36. The number of aromatic nitrogens is 2. The molecule has 20 heavy (non-hydrogen) atoms. The molecule has 0 aromatic carbocycles. The zero-order chi connectivity index (χ0) is 14.5. The van der Waals surface area contributed by atoms with Crippen molar-refractivity contribution in [2.45, 2.75) is 52.5 Å². The molecular weight excluding hydrogens is 252 g/mol. The quantitative estimate of drug-likeness (QED) is 0.801. The zero-order valence-corrected chi connectivity index (χ0v) is 12.8. The SMILES string of the molecule is CCNc1nc(C)nc(N(CCCO)C2CCC2)c1C. The van der Waals surface area contributed by atoms with E-state index in [1.165, 1.54) is 19.3 Å². The van der Waals surface area contributed by atoms with E-state index in [1.807, 2.05) is 6.92 Å². The predicted molar refractivity (Wildman–Crippen MR) is 82.4 cm³/mol. The third-order valence-corrected chi connectivity index (χ3v) is 3.92. The van der Waals surface area contributed by atoms with E-state index in [-0.39, 0.29) is 6.61 Å². The predicted octanol–water partition coefficient (Wildman–Crippen LogP) is 2.27. The first-order chi connectivity index (χ1) is 9.67. The molecule has 5 heteroatoms. The molecule has 1 aromatic heterocycles. The molecule has 0 bridgehead atoms. The first kappa shape index (κ1) is 15.0. The molecule has 112 valence electrons. The van der Waals surface area contributed by atoms with E-state index < -0.39 is 0 Å². The molecule has 0 unspecified atom stereocenters. The van der Waals surface area contributed by atoms with Crippen molar-refractivity contribution in [3.05, 3.63) is 11.4 Å². The van der Waals surface area contributed by atoms with Gasteiger partial charge in [0.05, 0.1) is 0 Å². The van der Waals surface area contributed by atoms with Crippen LogP contribution in [0.1, 0.15) is 44.0 Å². The van der Waals surface area contributed by atoms with E-state index in [9.17, 15) is 0 Å². The molecule has 1 aliphatic rings. The van der Waals surface area contributed by atoms with E-state index in [2.05, 4.69) is 34.0 Å². The maximum absolute atomic E-state index is 9.13. The standard InChI is InChI=1S/C15H26N4O/c1-4-16-14-11(2)15(18-12(3)17-14)19(9-6-10-20)13-7-5-8-13/h13,20H,4-10H2,1-3H3,(H,16,17,18). The summed E-state index contributed by atoms with van der Waals surface area (Å²) in [6.07, 6.45) is 4.54. The molecule has 1 fully saturated rings. The molecule has 1 aromatic rings. The number of hydrogen-bond donors (Lipinski definition) is 2. The van der Waals surface area contributed by atoms with Gasteiger partial charge in [-0.25, -0.2) is 9.97 Å². The first-order valence-corrected chi connectivity index (χ1v) is 7.64. The van der Waals surface area contributed by atoms with Gasteiger partial charge in [0.2, 0.25) is 0 Å². The molecule has 0 atom stereocenters. The number of aliphatic hydroxyl groups excluding tert-OH is 1. The van der Waals surface area contributed by atoms with Crippen LogP contribution in [0.4, 0.5) is 11.6 Å². The monoisotopic (exact) mass is 278 g/mol. The summed E-state index contributed by atoms with van der Waals surface area (Å²) in [5, 5.41) is 12.4. The summed E-state index contributed by atoms with van der Waals surface area (Å²) in [5.74, 6) is 2.77. The lowest BCUT2D eigenvalue weighted by Crippen LogP contribution is -2.42. The van der Waals surface area contributed by atoms with Gasteiger partial charge >= 0.3 is 0 Å². The topological polar surface area (TPSA) is 61.3 Å². The smallest absolute Gasteiger partial charge is 0.137 e. The lowest BCUT2D eigenvalue weighted by Gasteiger charge is -2.39. The molecule has 5 nitrogen and oxygen atoms in total. The van der Waals surface area contributed by atoms with Gasteiger partial charge < -0.3 is 15.3 Å². The maximum atomic E-state index is 9.13. The molecule has 2 rings (SSSR count). The van der Waals surface area contributed by atoms with Crippen LogP contribution in [-0.4, -0.2) is 40.8 Å². The lowest BCUT2D eigenvalue weighted by atomic mass is 9.91. The first-order valence-electron chi connectivity index (χ1n) is 7.64. The van der Waals surface area contributed by atoms with E-state index in [0.717, 1.165) is 42.5 Å². The Morgan fingerprint density at radius 3 is 2.60 bits per heavy atom. The van der Waals surface area contributed by atoms with Crippen molar-refractivity contribution in [3.63, 3.8) is 0 Å². The van der Waals surface area contributed by atoms with Gasteiger partial charge in [0, 0.05) is 31.3 Å². The Hall–Kier alpha value is -1.36. The highest BCUT2D eigenvalue weighted by atomic mass is 16.3. The van der Waals surface area contributed by atoms with Crippen LogP contribution in [0.25, 0.3) is 0 Å². The summed E-state index contributed by atoms with van der Waals surface area (Å²) in [6, 6.07) is 0.573. The molecule has 0 saturated heterocycles. The van der Waals surface area contributed by atoms with Gasteiger partial charge in [-0.05, 0) is 46.5 Å². The van der Waals surface area contributed by atoms with Crippen molar-refractivity contribution in [2.24, 2.45) is 0 Å². The number of hydrogen-bond acceptors (Lipinski definition) is 5. The number of nitrogens with zero attached hydrogens (tertiary/aromatic N) is 3. The lowest BCUT2D eigenvalue weighted by molar-refractivity contribution is 0.282. The van der Waals surface area contributed by atoms with E-state index in [4.69, 9.17) is 5.11 Å². The van der Waals surface area contributed by atoms with Gasteiger partial charge in [0.25, 0.3) is 0 Å². The Morgan fingerprint density at radius 2 is 2.05 bits per heavy atom. The molecule has 1 aliphatic carbocycles. The highest BCUT2D eigenvalue weighted by molar-refractivity contribution is 5.59. The fourth-order valence-electron chi connectivity index (χ4n) is 2.63. The van der Waals surface area contributed by atoms with Crippen LogP contribution in [-0.2, 0) is 0 Å². The molecule has 0 spiro atoms. The van der Waals surface area contributed by atoms with Crippen LogP contribution in [0.5, 0.6) is 0 Å². The zero-order valence-electron chi connectivity index (χ0n) is 12.8. The van der Waals surface area contributed by atoms with Gasteiger partial charge in [-0.3, -0.25) is 0 Å². The highest BCUT2D eigenvalue weighted by Crippen LogP contribution is 2.32. The van der Waals surface area contributed by atoms with Crippen molar-refractivity contribution in [1.82, 2.24) is 9.97 Å². The van der Waals surface area contributed by atoms with Gasteiger partial charge in [0.1, 0.15) is 17.5 Å². The van der Waals surface area contributed by atoms with Crippen LogP contribution in [0.2, 0.25) is 0 Å². The molecule has 1 saturated carbocycles. The third kappa shape index (κ3) is 3.20. The number of anilines is 2. The summed E-state index contributed by atoms with van der Waals surface area (Å²) >= 11 is 0. The van der Waals surface area contributed by atoms with E-state index in [1.54, 1.807) is 0 Å². The largest absolute Gasteiger partial charge is 0.396 e. The fourth-order valence-corrected chi connectivity index (χ4v) is 2.63. The Morgan fingerprint density at radius 1 is 1.30 bits per heavy atom. The van der Waals surface area contributed by atoms with E-state index in [0.29, 0.717) is 6.04 Å². The molecule has 2 N–H and O–H groups in total. The van der Waals surface area contributed by atoms with Crippen molar-refractivity contribution in [2.75, 3.05) is 29.9 Å². The third-order valence-electron chi connectivity index (χ3n) is 3.92. The maximum Gasteiger partial charge on any atom is 0.137 e. The minimum atomic E-state index is 0.229. The fraction of sp³-hybridized carbons (Fsp3) is 0.733. The average molecular weight is 278 g/mol. The van der Waals surface area contributed by atoms with E-state index >= 15 is 0 Å². The Kier molecular flexibility index (Phi) is 5.17. The van der Waals surface area contributed by atoms with Crippen LogP contribution in [0, 0.1) is 13.8 Å². The van der Waals surface area contributed by atoms with Crippen molar-refractivity contribution < 1.29 is 5.11 Å². The minimum Gasteiger partial charge on any atom is -0.396 e. The minimum absolute atomic E-state index is 0.229. The van der Waals surface area contributed by atoms with Crippen LogP contribution in [0.15, 0.2) is 0 Å². The van der Waals surface area contributed by atoms with Gasteiger partial charge in [-0.15, -0.1) is 0 Å². The summed E-state index contributed by atoms with van der Waals surface area (Å²) < 4.78 is 0. The molecule has 0 aliphatic heterocycles. The Bertz CT molecular complexity index is 446. The Labute approximate surface area is 121 Å². The van der Waals surface area contributed by atoms with Gasteiger partial charge in [-0.1, -0.05) is 0 Å². The number of aliphatic hydroxyl groups is 1. The number of rotatable bonds is 7. The summed E-state index contributed by atoms with van der Waals surface area (Å²) in [6.45, 7) is 8.05. The van der Waals surface area contributed by atoms with Gasteiger partial charge in [-0.2, -0.15) is 0 Å². The summed E-state index contributed by atoms with van der Waals surface area (Å²) in [4.78, 5) is 11.5. The summed E-state index contributed by atoms with van der Waals surface area (Å²) in [7, 11) is 0. The molecule has 0 amide bonds. The van der Waals surface area contributed by atoms with Crippen LogP contribution in [0.3, 0.4) is 0 Å². The Balaban J connectivity index is 2.30. The van der Waals surface area contributed by atoms with Crippen LogP contribution < -0.4 is 10.2 Å². The second-order valence-corrected chi connectivity index (χ2v) is 5.45. The highest BCUT2D eigenvalue weighted by Gasteiger charge is 2.27. The van der Waals surface area contributed by atoms with Crippen LogP contribution >= 0.6 is 0 Å². The molecule has 1 heterocycles. The molecule has 0 radical (unpaired) electrons. The second kappa shape index (κ2) is 6.88. The number of aryl methyl sites for hydroxylation is 1. The van der Waals surface area contributed by atoms with Gasteiger partial charge in [0.15, 0.2) is 0 Å². The number of nitrogens with one attached hydrogen (secondary N) is 1. The summed E-state index contributed by atoms with van der Waals surface area (Å²) in [5.41, 5.74) is 1.11. The second-order valence-electron chi connectivity index (χ2n) is 5.45. The van der Waals surface area contributed by atoms with Crippen molar-refractivity contribution in [3.8, 4) is 0 Å². The van der Waals surface area contributed by atoms with Crippen molar-refractivity contribution in [1.29, 1.82) is 0 Å². The normalized spacial score (nSPS) is 15.0. The van der Waals surface area contributed by atoms with Crippen molar-refractivity contribution >= 4 is 11.6 Å². The molecular formula is C15H26N4O.